The molecule has 0 radical (unpaired) electrons. The third kappa shape index (κ3) is 5.49. The topological polar surface area (TPSA) is 104 Å². The number of nitrogens with one attached hydrogen (secondary N) is 2. The van der Waals surface area contributed by atoms with Crippen molar-refractivity contribution in [3.05, 3.63) is 22.4 Å². The molecule has 0 saturated heterocycles. The van der Waals surface area contributed by atoms with E-state index in [2.05, 4.69) is 10.9 Å². The first-order chi connectivity index (χ1) is 9.56. The summed E-state index contributed by atoms with van der Waals surface area (Å²) in [5, 5.41) is 11.5. The first-order valence-electron chi connectivity index (χ1n) is 6.21. The lowest BCUT2D eigenvalue weighted by atomic mass is 10.1. The van der Waals surface area contributed by atoms with E-state index in [1.165, 1.54) is 11.3 Å². The van der Waals surface area contributed by atoms with E-state index < -0.39 is 24.0 Å². The third-order valence-electron chi connectivity index (χ3n) is 2.52. The van der Waals surface area contributed by atoms with Crippen LogP contribution in [0.3, 0.4) is 0 Å². The second kappa shape index (κ2) is 8.96. The molecule has 0 aliphatic heterocycles. The number of carbonyl (C=O) groups excluding carboxylic acids is 2. The molecule has 2 atom stereocenters. The quantitative estimate of drug-likeness (QED) is 0.429. The molecular weight excluding hydrogens is 298 g/mol. The van der Waals surface area contributed by atoms with Gasteiger partial charge in [-0.3, -0.25) is 20.4 Å². The van der Waals surface area contributed by atoms with Crippen molar-refractivity contribution in [3.63, 3.8) is 0 Å². The minimum absolute atomic E-state index is 0.421. The third-order valence-corrected chi connectivity index (χ3v) is 4.32. The number of carbonyl (C=O) groups is 2. The summed E-state index contributed by atoms with van der Waals surface area (Å²) in [6.07, 6.45) is -0.803. The van der Waals surface area contributed by atoms with Gasteiger partial charge in [-0.15, -0.1) is 11.3 Å². The van der Waals surface area contributed by atoms with Gasteiger partial charge >= 0.3 is 0 Å². The number of hydrazine groups is 1. The molecule has 0 saturated carbocycles. The molecule has 1 rings (SSSR count). The standard InChI is InChI=1S/C12H19N3O3S2/c1-2-19-7-5-8(13)10(16)12(18)15-14-11(17)9-4-3-6-20-9/h3-4,6,8,10,16H,2,5,7,13H2,1H3,(H,14,17)(H,15,18). The molecule has 112 valence electrons. The summed E-state index contributed by atoms with van der Waals surface area (Å²) in [5.41, 5.74) is 10.1. The Hall–Kier alpha value is -1.09. The Kier molecular flexibility index (Phi) is 7.60. The van der Waals surface area contributed by atoms with Crippen molar-refractivity contribution in [2.24, 2.45) is 5.73 Å². The second-order valence-corrected chi connectivity index (χ2v) is 6.36. The molecule has 0 aliphatic carbocycles. The van der Waals surface area contributed by atoms with E-state index in [4.69, 9.17) is 5.73 Å². The van der Waals surface area contributed by atoms with Gasteiger partial charge in [0.15, 0.2) is 0 Å². The molecule has 5 N–H and O–H groups in total. The average Bonchev–Trinajstić information content (AvgIpc) is 2.97. The van der Waals surface area contributed by atoms with Gasteiger partial charge < -0.3 is 10.8 Å². The van der Waals surface area contributed by atoms with Crippen LogP contribution < -0.4 is 16.6 Å². The Morgan fingerprint density at radius 1 is 1.50 bits per heavy atom. The van der Waals surface area contributed by atoms with Crippen LogP contribution in [0.2, 0.25) is 0 Å². The number of aliphatic hydroxyl groups excluding tert-OH is 1. The van der Waals surface area contributed by atoms with E-state index in [0.29, 0.717) is 11.3 Å². The Morgan fingerprint density at radius 3 is 2.85 bits per heavy atom. The first kappa shape index (κ1) is 17.0. The van der Waals surface area contributed by atoms with E-state index in [0.717, 1.165) is 11.5 Å². The van der Waals surface area contributed by atoms with Crippen molar-refractivity contribution >= 4 is 34.9 Å². The second-order valence-electron chi connectivity index (χ2n) is 4.01. The summed E-state index contributed by atoms with van der Waals surface area (Å²) in [4.78, 5) is 23.7. The van der Waals surface area contributed by atoms with Gasteiger partial charge in [-0.1, -0.05) is 13.0 Å². The Morgan fingerprint density at radius 2 is 2.25 bits per heavy atom. The molecule has 0 aliphatic rings. The number of amides is 2. The maximum Gasteiger partial charge on any atom is 0.279 e. The first-order valence-corrected chi connectivity index (χ1v) is 8.24. The van der Waals surface area contributed by atoms with Gasteiger partial charge in [0.2, 0.25) is 0 Å². The summed E-state index contributed by atoms with van der Waals surface area (Å²) < 4.78 is 0. The molecular formula is C12H19N3O3S2. The highest BCUT2D eigenvalue weighted by atomic mass is 32.2. The Balaban J connectivity index is 2.32. The maximum atomic E-state index is 11.6. The van der Waals surface area contributed by atoms with Crippen LogP contribution in [0.5, 0.6) is 0 Å². The fourth-order valence-electron chi connectivity index (χ4n) is 1.38. The predicted molar refractivity (Wildman–Crippen MR) is 81.5 cm³/mol. The fourth-order valence-corrected chi connectivity index (χ4v) is 2.72. The largest absolute Gasteiger partial charge is 0.382 e. The van der Waals surface area contributed by atoms with Gasteiger partial charge in [0, 0.05) is 6.04 Å². The zero-order valence-corrected chi connectivity index (χ0v) is 12.8. The molecule has 1 heterocycles. The molecule has 1 aromatic heterocycles. The monoisotopic (exact) mass is 317 g/mol. The molecule has 0 bridgehead atoms. The van der Waals surface area contributed by atoms with Crippen molar-refractivity contribution < 1.29 is 14.7 Å². The van der Waals surface area contributed by atoms with Crippen LogP contribution in [0.4, 0.5) is 0 Å². The number of aliphatic hydroxyl groups is 1. The van der Waals surface area contributed by atoms with Crippen LogP contribution in [-0.4, -0.2) is 40.6 Å². The molecule has 1 aromatic rings. The highest BCUT2D eigenvalue weighted by molar-refractivity contribution is 7.99. The van der Waals surface area contributed by atoms with Crippen LogP contribution >= 0.6 is 23.1 Å². The smallest absolute Gasteiger partial charge is 0.279 e. The molecule has 0 fully saturated rings. The highest BCUT2D eigenvalue weighted by Gasteiger charge is 2.23. The van der Waals surface area contributed by atoms with Crippen molar-refractivity contribution in [2.45, 2.75) is 25.5 Å². The lowest BCUT2D eigenvalue weighted by molar-refractivity contribution is -0.131. The molecule has 2 amide bonds. The molecule has 20 heavy (non-hydrogen) atoms. The number of hydrogen-bond acceptors (Lipinski definition) is 6. The van der Waals surface area contributed by atoms with Gasteiger partial charge in [0.1, 0.15) is 6.10 Å². The summed E-state index contributed by atoms with van der Waals surface area (Å²) in [6, 6.07) is 2.72. The van der Waals surface area contributed by atoms with E-state index in [-0.39, 0.29) is 0 Å². The van der Waals surface area contributed by atoms with Gasteiger partial charge in [-0.25, -0.2) is 0 Å². The molecule has 8 heteroatoms. The van der Waals surface area contributed by atoms with Crippen LogP contribution in [0.1, 0.15) is 23.0 Å². The van der Waals surface area contributed by atoms with Crippen LogP contribution in [0.25, 0.3) is 0 Å². The van der Waals surface area contributed by atoms with E-state index in [1.807, 2.05) is 6.92 Å². The van der Waals surface area contributed by atoms with Crippen molar-refractivity contribution in [1.82, 2.24) is 10.9 Å². The van der Waals surface area contributed by atoms with Crippen LogP contribution in [-0.2, 0) is 4.79 Å². The lowest BCUT2D eigenvalue weighted by Crippen LogP contribution is -2.52. The molecule has 0 spiro atoms. The number of rotatable bonds is 7. The van der Waals surface area contributed by atoms with Crippen molar-refractivity contribution in [3.8, 4) is 0 Å². The average molecular weight is 317 g/mol. The summed E-state index contributed by atoms with van der Waals surface area (Å²) >= 11 is 2.95. The number of thiophene rings is 1. The summed E-state index contributed by atoms with van der Waals surface area (Å²) in [7, 11) is 0. The SMILES string of the molecule is CCSCCC(N)C(O)C(=O)NNC(=O)c1cccs1. The number of hydrogen-bond donors (Lipinski definition) is 4. The van der Waals surface area contributed by atoms with E-state index in [1.54, 1.807) is 29.3 Å². The minimum atomic E-state index is -1.34. The van der Waals surface area contributed by atoms with Gasteiger partial charge in [0.25, 0.3) is 11.8 Å². The minimum Gasteiger partial charge on any atom is -0.382 e. The fraction of sp³-hybridized carbons (Fsp3) is 0.500. The molecule has 0 aromatic carbocycles. The van der Waals surface area contributed by atoms with E-state index in [9.17, 15) is 14.7 Å². The van der Waals surface area contributed by atoms with E-state index >= 15 is 0 Å². The summed E-state index contributed by atoms with van der Waals surface area (Å²) in [6.45, 7) is 2.03. The zero-order chi connectivity index (χ0) is 15.0. The van der Waals surface area contributed by atoms with Crippen LogP contribution in [0.15, 0.2) is 17.5 Å². The van der Waals surface area contributed by atoms with Gasteiger partial charge in [-0.05, 0) is 29.4 Å². The normalized spacial score (nSPS) is 13.6. The van der Waals surface area contributed by atoms with Gasteiger partial charge in [-0.2, -0.15) is 11.8 Å². The van der Waals surface area contributed by atoms with Crippen molar-refractivity contribution in [2.75, 3.05) is 11.5 Å². The maximum absolute atomic E-state index is 11.6. The Labute approximate surface area is 126 Å². The number of nitrogens with two attached hydrogens (primary N) is 1. The van der Waals surface area contributed by atoms with Crippen LogP contribution in [0, 0.1) is 0 Å². The highest BCUT2D eigenvalue weighted by Crippen LogP contribution is 2.07. The summed E-state index contributed by atoms with van der Waals surface area (Å²) in [5.74, 6) is 0.620. The molecule has 2 unspecified atom stereocenters. The van der Waals surface area contributed by atoms with Crippen molar-refractivity contribution in [1.29, 1.82) is 0 Å². The molecule has 6 nitrogen and oxygen atoms in total. The number of thioether (sulfide) groups is 1. The zero-order valence-electron chi connectivity index (χ0n) is 11.2. The Bertz CT molecular complexity index is 426. The van der Waals surface area contributed by atoms with Gasteiger partial charge in [0.05, 0.1) is 4.88 Å². The predicted octanol–water partition coefficient (Wildman–Crippen LogP) is 0.341. The lowest BCUT2D eigenvalue weighted by Gasteiger charge is -2.18.